The molecule has 0 aliphatic carbocycles. The van der Waals surface area contributed by atoms with E-state index < -0.39 is 0 Å². The van der Waals surface area contributed by atoms with Crippen LogP contribution in [0.15, 0.2) is 24.5 Å². The smallest absolute Gasteiger partial charge is 0.0909 e. The Bertz CT molecular complexity index is 337. The van der Waals surface area contributed by atoms with Gasteiger partial charge < -0.3 is 5.73 Å². The van der Waals surface area contributed by atoms with Gasteiger partial charge in [0.05, 0.1) is 11.9 Å². The predicted molar refractivity (Wildman–Crippen MR) is 58.1 cm³/mol. The molecule has 80 valence electrons. The highest BCUT2D eigenvalue weighted by atomic mass is 15.4. The highest BCUT2D eigenvalue weighted by molar-refractivity contribution is 5.77. The molecular formula is C10H15N5. The number of pyridine rings is 1. The molecule has 5 heteroatoms. The van der Waals surface area contributed by atoms with Gasteiger partial charge in [-0.25, -0.2) is 5.43 Å². The monoisotopic (exact) mass is 205 g/mol. The third-order valence-corrected chi connectivity index (χ3v) is 2.64. The van der Waals surface area contributed by atoms with E-state index >= 15 is 0 Å². The Hall–Kier alpha value is -1.46. The largest absolute Gasteiger partial charge is 0.388 e. The van der Waals surface area contributed by atoms with Crippen LogP contribution in [-0.2, 0) is 0 Å². The molecule has 0 spiro atoms. The Balaban J connectivity index is 2.11. The molecule has 2 rings (SSSR count). The summed E-state index contributed by atoms with van der Waals surface area (Å²) in [6.45, 7) is 0.840. The fourth-order valence-corrected chi connectivity index (χ4v) is 1.93. The molecule has 0 amide bonds. The minimum atomic E-state index is 0.219. The molecule has 2 atom stereocenters. The van der Waals surface area contributed by atoms with Gasteiger partial charge in [0, 0.05) is 31.3 Å². The van der Waals surface area contributed by atoms with Crippen LogP contribution >= 0.6 is 0 Å². The van der Waals surface area contributed by atoms with Crippen molar-refractivity contribution >= 4 is 5.84 Å². The highest BCUT2D eigenvalue weighted by Crippen LogP contribution is 2.26. The van der Waals surface area contributed by atoms with Crippen LogP contribution in [-0.4, -0.2) is 17.4 Å². The molecule has 1 aliphatic heterocycles. The number of nitrogens with two attached hydrogens (primary N) is 1. The first-order valence-corrected chi connectivity index (χ1v) is 4.98. The first-order valence-electron chi connectivity index (χ1n) is 4.98. The predicted octanol–water partition coefficient (Wildman–Crippen LogP) is 0.173. The molecule has 0 aromatic carbocycles. The highest BCUT2D eigenvalue weighted by Gasteiger charge is 2.28. The summed E-state index contributed by atoms with van der Waals surface area (Å²) in [5, 5.41) is 7.32. The van der Waals surface area contributed by atoms with Crippen LogP contribution < -0.4 is 16.6 Å². The molecule has 2 heterocycles. The van der Waals surface area contributed by atoms with Crippen LogP contribution in [0.2, 0.25) is 0 Å². The number of hydrogen-bond acceptors (Lipinski definition) is 4. The first-order chi connectivity index (χ1) is 7.27. The van der Waals surface area contributed by atoms with Crippen LogP contribution in [0.4, 0.5) is 0 Å². The van der Waals surface area contributed by atoms with Crippen molar-refractivity contribution in [1.82, 2.24) is 15.8 Å². The fraction of sp³-hybridized carbons (Fsp3) is 0.400. The van der Waals surface area contributed by atoms with Gasteiger partial charge in [-0.3, -0.25) is 15.8 Å². The minimum absolute atomic E-state index is 0.219. The molecular weight excluding hydrogens is 190 g/mol. The van der Waals surface area contributed by atoms with Crippen molar-refractivity contribution in [3.8, 4) is 0 Å². The molecule has 0 radical (unpaired) electrons. The summed E-state index contributed by atoms with van der Waals surface area (Å²) < 4.78 is 0. The average Bonchev–Trinajstić information content (AvgIpc) is 2.66. The Kier molecular flexibility index (Phi) is 2.94. The van der Waals surface area contributed by atoms with E-state index in [9.17, 15) is 0 Å². The van der Waals surface area contributed by atoms with Gasteiger partial charge in [0.2, 0.25) is 0 Å². The Morgan fingerprint density at radius 3 is 2.93 bits per heavy atom. The van der Waals surface area contributed by atoms with Crippen molar-refractivity contribution in [2.24, 2.45) is 11.7 Å². The Labute approximate surface area is 88.6 Å². The summed E-state index contributed by atoms with van der Waals surface area (Å²) in [5.41, 5.74) is 12.9. The first kappa shape index (κ1) is 10.1. The topological polar surface area (TPSA) is 86.8 Å². The number of aromatic nitrogens is 1. The van der Waals surface area contributed by atoms with E-state index in [1.807, 2.05) is 12.1 Å². The van der Waals surface area contributed by atoms with E-state index in [2.05, 4.69) is 15.8 Å². The van der Waals surface area contributed by atoms with Crippen LogP contribution in [0.1, 0.15) is 18.0 Å². The van der Waals surface area contributed by atoms with Gasteiger partial charge in [-0.05, 0) is 17.7 Å². The van der Waals surface area contributed by atoms with E-state index in [0.29, 0.717) is 12.3 Å². The maximum atomic E-state index is 7.32. The molecule has 1 fully saturated rings. The molecule has 5 N–H and O–H groups in total. The number of nitrogens with zero attached hydrogens (tertiary/aromatic N) is 1. The lowest BCUT2D eigenvalue weighted by Crippen LogP contribution is -2.25. The SMILES string of the molecule is N=C(N)CC1CNNC1c1ccncc1. The van der Waals surface area contributed by atoms with Crippen LogP contribution in [0.5, 0.6) is 0 Å². The van der Waals surface area contributed by atoms with Gasteiger partial charge in [0.25, 0.3) is 0 Å². The van der Waals surface area contributed by atoms with Crippen molar-refractivity contribution in [2.75, 3.05) is 6.54 Å². The molecule has 1 saturated heterocycles. The van der Waals surface area contributed by atoms with E-state index in [1.54, 1.807) is 12.4 Å². The summed E-state index contributed by atoms with van der Waals surface area (Å²) in [5.74, 6) is 0.578. The van der Waals surface area contributed by atoms with E-state index in [4.69, 9.17) is 11.1 Å². The minimum Gasteiger partial charge on any atom is -0.388 e. The third kappa shape index (κ3) is 2.31. The summed E-state index contributed by atoms with van der Waals surface area (Å²) in [6.07, 6.45) is 4.17. The van der Waals surface area contributed by atoms with Crippen molar-refractivity contribution in [2.45, 2.75) is 12.5 Å². The van der Waals surface area contributed by atoms with Crippen molar-refractivity contribution in [3.63, 3.8) is 0 Å². The Morgan fingerprint density at radius 1 is 1.53 bits per heavy atom. The zero-order valence-corrected chi connectivity index (χ0v) is 8.40. The molecule has 2 unspecified atom stereocenters. The second-order valence-electron chi connectivity index (χ2n) is 3.77. The zero-order chi connectivity index (χ0) is 10.7. The second kappa shape index (κ2) is 4.37. The van der Waals surface area contributed by atoms with Gasteiger partial charge >= 0.3 is 0 Å². The lowest BCUT2D eigenvalue weighted by atomic mass is 9.92. The molecule has 0 bridgehead atoms. The van der Waals surface area contributed by atoms with E-state index in [0.717, 1.165) is 6.54 Å². The van der Waals surface area contributed by atoms with Gasteiger partial charge in [-0.1, -0.05) is 0 Å². The standard InChI is InChI=1S/C10H15N5/c11-9(12)5-8-6-14-15-10(8)7-1-3-13-4-2-7/h1-4,8,10,14-15H,5-6H2,(H3,11,12). The van der Waals surface area contributed by atoms with E-state index in [-0.39, 0.29) is 11.9 Å². The summed E-state index contributed by atoms with van der Waals surface area (Å²) in [4.78, 5) is 3.99. The van der Waals surface area contributed by atoms with Gasteiger partial charge in [0.1, 0.15) is 0 Å². The van der Waals surface area contributed by atoms with Crippen LogP contribution in [0.3, 0.4) is 0 Å². The Morgan fingerprint density at radius 2 is 2.27 bits per heavy atom. The fourth-order valence-electron chi connectivity index (χ4n) is 1.93. The van der Waals surface area contributed by atoms with E-state index in [1.165, 1.54) is 5.56 Å². The summed E-state index contributed by atoms with van der Waals surface area (Å²) >= 11 is 0. The third-order valence-electron chi connectivity index (χ3n) is 2.64. The second-order valence-corrected chi connectivity index (χ2v) is 3.77. The normalized spacial score (nSPS) is 25.3. The summed E-state index contributed by atoms with van der Waals surface area (Å²) in [6, 6.07) is 4.19. The summed E-state index contributed by atoms with van der Waals surface area (Å²) in [7, 11) is 0. The van der Waals surface area contributed by atoms with Crippen molar-refractivity contribution < 1.29 is 0 Å². The number of rotatable bonds is 3. The molecule has 0 saturated carbocycles. The van der Waals surface area contributed by atoms with Gasteiger partial charge in [0.15, 0.2) is 0 Å². The zero-order valence-electron chi connectivity index (χ0n) is 8.40. The number of amidine groups is 1. The molecule has 15 heavy (non-hydrogen) atoms. The van der Waals surface area contributed by atoms with Crippen molar-refractivity contribution in [3.05, 3.63) is 30.1 Å². The van der Waals surface area contributed by atoms with Gasteiger partial charge in [-0.15, -0.1) is 0 Å². The molecule has 1 aromatic rings. The average molecular weight is 205 g/mol. The molecule has 1 aliphatic rings. The lowest BCUT2D eigenvalue weighted by molar-refractivity contribution is 0.486. The quantitative estimate of drug-likeness (QED) is 0.418. The van der Waals surface area contributed by atoms with Crippen LogP contribution in [0, 0.1) is 11.3 Å². The number of hydrazine groups is 1. The maximum Gasteiger partial charge on any atom is 0.0909 e. The maximum absolute atomic E-state index is 7.32. The lowest BCUT2D eigenvalue weighted by Gasteiger charge is -2.17. The van der Waals surface area contributed by atoms with Crippen LogP contribution in [0.25, 0.3) is 0 Å². The van der Waals surface area contributed by atoms with Gasteiger partial charge in [-0.2, -0.15) is 0 Å². The van der Waals surface area contributed by atoms with Crippen molar-refractivity contribution in [1.29, 1.82) is 5.41 Å². The number of nitrogens with one attached hydrogen (secondary N) is 3. The molecule has 5 nitrogen and oxygen atoms in total. The molecule has 1 aromatic heterocycles. The number of hydrogen-bond donors (Lipinski definition) is 4.